The van der Waals surface area contributed by atoms with Gasteiger partial charge in [-0.1, -0.05) is 26.0 Å². The van der Waals surface area contributed by atoms with Crippen molar-refractivity contribution >= 4 is 34.1 Å². The van der Waals surface area contributed by atoms with Gasteiger partial charge in [-0.2, -0.15) is 0 Å². The van der Waals surface area contributed by atoms with Gasteiger partial charge in [-0.15, -0.1) is 0 Å². The van der Waals surface area contributed by atoms with Crippen LogP contribution in [0.1, 0.15) is 20.3 Å². The molecule has 29 heavy (non-hydrogen) atoms. The van der Waals surface area contributed by atoms with Crippen molar-refractivity contribution in [2.24, 2.45) is 5.92 Å². The molecule has 8 nitrogen and oxygen atoms in total. The normalized spacial score (nSPS) is 10.9. The van der Waals surface area contributed by atoms with Gasteiger partial charge in [0.15, 0.2) is 0 Å². The molecule has 0 aliphatic rings. The molecule has 150 valence electrons. The highest BCUT2D eigenvalue weighted by Gasteiger charge is 2.11. The van der Waals surface area contributed by atoms with E-state index in [9.17, 15) is 19.2 Å². The average Bonchev–Trinajstić information content (AvgIpc) is 2.66. The summed E-state index contributed by atoms with van der Waals surface area (Å²) < 4.78 is 1.21. The van der Waals surface area contributed by atoms with Crippen LogP contribution in [-0.4, -0.2) is 21.4 Å². The first-order valence-corrected chi connectivity index (χ1v) is 9.25. The van der Waals surface area contributed by atoms with Crippen molar-refractivity contribution in [3.63, 3.8) is 0 Å². The molecule has 8 heteroatoms. The predicted octanol–water partition coefficient (Wildman–Crippen LogP) is 2.31. The van der Waals surface area contributed by atoms with E-state index >= 15 is 0 Å². The Hall–Kier alpha value is -3.68. The Kier molecular flexibility index (Phi) is 5.92. The molecule has 0 aliphatic heterocycles. The summed E-state index contributed by atoms with van der Waals surface area (Å²) >= 11 is 0. The molecule has 1 aromatic heterocycles. The number of aromatic nitrogens is 2. The number of hydrogen-bond donors (Lipinski definition) is 3. The fourth-order valence-corrected chi connectivity index (χ4v) is 2.96. The third-order valence-electron chi connectivity index (χ3n) is 4.25. The third kappa shape index (κ3) is 4.98. The number of fused-ring (bicyclic) bond motifs is 1. The van der Waals surface area contributed by atoms with Gasteiger partial charge < -0.3 is 10.6 Å². The summed E-state index contributed by atoms with van der Waals surface area (Å²) in [4.78, 5) is 50.5. The summed E-state index contributed by atoms with van der Waals surface area (Å²) in [5.41, 5.74) is 0.416. The van der Waals surface area contributed by atoms with Gasteiger partial charge >= 0.3 is 5.69 Å². The van der Waals surface area contributed by atoms with Gasteiger partial charge in [0.2, 0.25) is 11.8 Å². The minimum absolute atomic E-state index is 0.0684. The van der Waals surface area contributed by atoms with Crippen molar-refractivity contribution in [2.45, 2.75) is 26.8 Å². The number of rotatable bonds is 6. The van der Waals surface area contributed by atoms with Crippen LogP contribution >= 0.6 is 0 Å². The molecule has 0 fully saturated rings. The highest BCUT2D eigenvalue weighted by molar-refractivity contribution is 5.93. The maximum Gasteiger partial charge on any atom is 0.329 e. The quantitative estimate of drug-likeness (QED) is 0.595. The Morgan fingerprint density at radius 3 is 2.14 bits per heavy atom. The van der Waals surface area contributed by atoms with Crippen LogP contribution in [0.25, 0.3) is 10.9 Å². The van der Waals surface area contributed by atoms with E-state index in [4.69, 9.17) is 0 Å². The number of carbonyl (C=O) groups is 2. The molecule has 3 aromatic rings. The largest absolute Gasteiger partial charge is 0.329 e. The van der Waals surface area contributed by atoms with Crippen molar-refractivity contribution in [2.75, 3.05) is 10.6 Å². The molecule has 0 spiro atoms. The molecule has 3 N–H and O–H groups in total. The molecular weight excluding hydrogens is 372 g/mol. The number of carbonyl (C=O) groups excluding carboxylic acids is 2. The second-order valence-corrected chi connectivity index (χ2v) is 7.13. The molecular formula is C21H22N4O4. The molecule has 2 aromatic carbocycles. The number of nitrogens with zero attached hydrogens (tertiary/aromatic N) is 1. The van der Waals surface area contributed by atoms with E-state index in [-0.39, 0.29) is 18.4 Å². The van der Waals surface area contributed by atoms with E-state index in [1.807, 2.05) is 13.8 Å². The zero-order valence-corrected chi connectivity index (χ0v) is 16.2. The molecule has 0 atom stereocenters. The van der Waals surface area contributed by atoms with Crippen molar-refractivity contribution in [1.29, 1.82) is 0 Å². The van der Waals surface area contributed by atoms with Crippen LogP contribution in [0.3, 0.4) is 0 Å². The van der Waals surface area contributed by atoms with E-state index < -0.39 is 17.2 Å². The number of anilines is 2. The Labute approximate surface area is 166 Å². The van der Waals surface area contributed by atoms with Crippen LogP contribution in [0.4, 0.5) is 11.4 Å². The molecule has 0 aliphatic carbocycles. The summed E-state index contributed by atoms with van der Waals surface area (Å²) in [7, 11) is 0. The summed E-state index contributed by atoms with van der Waals surface area (Å²) in [6.45, 7) is 3.69. The molecule has 0 saturated heterocycles. The average molecular weight is 394 g/mol. The maximum absolute atomic E-state index is 12.4. The van der Waals surface area contributed by atoms with Crippen molar-refractivity contribution in [3.05, 3.63) is 69.4 Å². The van der Waals surface area contributed by atoms with Crippen molar-refractivity contribution in [3.8, 4) is 0 Å². The lowest BCUT2D eigenvalue weighted by molar-refractivity contribution is -0.117. The Balaban J connectivity index is 1.70. The zero-order valence-electron chi connectivity index (χ0n) is 16.2. The highest BCUT2D eigenvalue weighted by Crippen LogP contribution is 2.15. The van der Waals surface area contributed by atoms with Gasteiger partial charge in [-0.3, -0.25) is 23.9 Å². The van der Waals surface area contributed by atoms with Crippen LogP contribution in [0.2, 0.25) is 0 Å². The van der Waals surface area contributed by atoms with Crippen LogP contribution in [0.5, 0.6) is 0 Å². The second kappa shape index (κ2) is 8.55. The van der Waals surface area contributed by atoms with Crippen LogP contribution in [0, 0.1) is 5.92 Å². The minimum Gasteiger partial charge on any atom is -0.326 e. The minimum atomic E-state index is -0.646. The Bertz CT molecular complexity index is 1160. The number of aromatic amines is 1. The van der Waals surface area contributed by atoms with E-state index in [0.29, 0.717) is 28.7 Å². The van der Waals surface area contributed by atoms with Gasteiger partial charge in [0.1, 0.15) is 6.54 Å². The number of para-hydroxylation sites is 1. The molecule has 1 heterocycles. The molecule has 0 saturated carbocycles. The monoisotopic (exact) mass is 394 g/mol. The lowest BCUT2D eigenvalue weighted by Crippen LogP contribution is -2.34. The number of nitrogens with one attached hydrogen (secondary N) is 3. The summed E-state index contributed by atoms with van der Waals surface area (Å²) in [5, 5.41) is 5.84. The highest BCUT2D eigenvalue weighted by atomic mass is 16.2. The van der Waals surface area contributed by atoms with Crippen LogP contribution in [0.15, 0.2) is 58.1 Å². The van der Waals surface area contributed by atoms with Gasteiger partial charge in [0, 0.05) is 17.8 Å². The number of benzene rings is 2. The fourth-order valence-electron chi connectivity index (χ4n) is 2.96. The van der Waals surface area contributed by atoms with Crippen molar-refractivity contribution in [1.82, 2.24) is 9.55 Å². The first kappa shape index (κ1) is 20.1. The van der Waals surface area contributed by atoms with E-state index in [0.717, 1.165) is 0 Å². The summed E-state index contributed by atoms with van der Waals surface area (Å²) in [6, 6.07) is 13.3. The molecule has 0 bridgehead atoms. The van der Waals surface area contributed by atoms with E-state index in [1.165, 1.54) is 4.57 Å². The standard InChI is InChI=1S/C21H22N4O4/c1-13(2)11-18(26)22-14-7-9-15(10-8-14)23-19(27)12-25-17-6-4-3-5-16(17)20(28)24-21(25)29/h3-10,13H,11-12H2,1-2H3,(H,22,26)(H,23,27)(H,24,28,29). The fraction of sp³-hybridized carbons (Fsp3) is 0.238. The van der Waals surface area contributed by atoms with Gasteiger partial charge in [-0.25, -0.2) is 4.79 Å². The van der Waals surface area contributed by atoms with Crippen LogP contribution < -0.4 is 21.9 Å². The number of amides is 2. The van der Waals surface area contributed by atoms with Crippen LogP contribution in [-0.2, 0) is 16.1 Å². The first-order chi connectivity index (χ1) is 13.8. The topological polar surface area (TPSA) is 113 Å². The molecule has 0 radical (unpaired) electrons. The molecule has 0 unspecified atom stereocenters. The lowest BCUT2D eigenvalue weighted by atomic mass is 10.1. The maximum atomic E-state index is 12.4. The molecule has 2 amide bonds. The first-order valence-electron chi connectivity index (χ1n) is 9.25. The smallest absolute Gasteiger partial charge is 0.326 e. The summed E-state index contributed by atoms with van der Waals surface area (Å²) in [6.07, 6.45) is 0.431. The van der Waals surface area contributed by atoms with Crippen molar-refractivity contribution < 1.29 is 9.59 Å². The lowest BCUT2D eigenvalue weighted by Gasteiger charge is -2.11. The predicted molar refractivity (Wildman–Crippen MR) is 112 cm³/mol. The number of hydrogen-bond acceptors (Lipinski definition) is 4. The zero-order chi connectivity index (χ0) is 21.0. The summed E-state index contributed by atoms with van der Waals surface area (Å²) in [5.74, 6) is -0.219. The Morgan fingerprint density at radius 2 is 1.52 bits per heavy atom. The SMILES string of the molecule is CC(C)CC(=O)Nc1ccc(NC(=O)Cn2c(=O)[nH]c(=O)c3ccccc32)cc1. The van der Waals surface area contributed by atoms with Gasteiger partial charge in [-0.05, 0) is 42.3 Å². The molecule has 3 rings (SSSR count). The third-order valence-corrected chi connectivity index (χ3v) is 4.25. The van der Waals surface area contributed by atoms with Gasteiger partial charge in [0.25, 0.3) is 5.56 Å². The van der Waals surface area contributed by atoms with Gasteiger partial charge in [0.05, 0.1) is 10.9 Å². The number of H-pyrrole nitrogens is 1. The van der Waals surface area contributed by atoms with E-state index in [1.54, 1.807) is 48.5 Å². The second-order valence-electron chi connectivity index (χ2n) is 7.13. The van der Waals surface area contributed by atoms with E-state index in [2.05, 4.69) is 15.6 Å². The Morgan fingerprint density at radius 1 is 0.931 bits per heavy atom.